The molecule has 1 heterocycles. The number of hydrogen-bond acceptors (Lipinski definition) is 6. The minimum absolute atomic E-state index is 0.152. The minimum atomic E-state index is -0.498. The number of aromatic nitrogens is 1. The third kappa shape index (κ3) is 5.55. The lowest BCUT2D eigenvalue weighted by atomic mass is 10.3. The lowest BCUT2D eigenvalue weighted by Gasteiger charge is -2.18. The van der Waals surface area contributed by atoms with Gasteiger partial charge in [-0.2, -0.15) is 5.10 Å². The average Bonchev–Trinajstić information content (AvgIpc) is 3.05. The number of halogens is 1. The fraction of sp³-hybridized carbons (Fsp3) is 0.250. The molecule has 0 fully saturated rings. The Hall–Kier alpha value is -2.43. The molecular formula is C16H18FN5O2S2. The standard InChI is InChI=1S/C16H18FN5O2S2/c1-11(23)22(14-6-4-3-5-13(14)17)16-20-12(10-26-16)9-19-21-15(25)18-7-8-24-2/h3-6,9-10H,7-8H2,1-2H3,(H2,18,21,25)/b19-9-. The van der Waals surface area contributed by atoms with E-state index in [-0.39, 0.29) is 11.6 Å². The van der Waals surface area contributed by atoms with Crippen LogP contribution in [0.25, 0.3) is 0 Å². The summed E-state index contributed by atoms with van der Waals surface area (Å²) in [7, 11) is 1.60. The Kier molecular flexibility index (Phi) is 7.57. The van der Waals surface area contributed by atoms with Gasteiger partial charge in [0.1, 0.15) is 5.82 Å². The van der Waals surface area contributed by atoms with E-state index in [4.69, 9.17) is 17.0 Å². The number of nitrogens with zero attached hydrogens (tertiary/aromatic N) is 3. The van der Waals surface area contributed by atoms with Gasteiger partial charge in [-0.1, -0.05) is 12.1 Å². The fourth-order valence-electron chi connectivity index (χ4n) is 1.94. The number of anilines is 2. The Balaban J connectivity index is 2.05. The van der Waals surface area contributed by atoms with Crippen LogP contribution in [0.1, 0.15) is 12.6 Å². The number of ether oxygens (including phenoxy) is 1. The number of rotatable bonds is 7. The molecule has 26 heavy (non-hydrogen) atoms. The van der Waals surface area contributed by atoms with Crippen molar-refractivity contribution in [1.29, 1.82) is 0 Å². The molecule has 1 aromatic heterocycles. The first-order chi connectivity index (χ1) is 12.5. The van der Waals surface area contributed by atoms with Crippen molar-refractivity contribution in [2.24, 2.45) is 5.10 Å². The Morgan fingerprint density at radius 3 is 2.96 bits per heavy atom. The highest BCUT2D eigenvalue weighted by atomic mass is 32.1. The van der Waals surface area contributed by atoms with Crippen LogP contribution < -0.4 is 15.6 Å². The predicted octanol–water partition coefficient (Wildman–Crippen LogP) is 2.41. The molecule has 0 aliphatic heterocycles. The van der Waals surface area contributed by atoms with Crippen molar-refractivity contribution in [3.8, 4) is 0 Å². The Labute approximate surface area is 159 Å². The lowest BCUT2D eigenvalue weighted by Crippen LogP contribution is -2.34. The molecule has 0 radical (unpaired) electrons. The highest BCUT2D eigenvalue weighted by Crippen LogP contribution is 2.30. The number of benzene rings is 1. The molecule has 0 unspecified atom stereocenters. The second kappa shape index (κ2) is 9.90. The van der Waals surface area contributed by atoms with Gasteiger partial charge in [0, 0.05) is 26.0 Å². The van der Waals surface area contributed by atoms with Crippen LogP contribution in [-0.4, -0.2) is 42.5 Å². The number of carbonyl (C=O) groups is 1. The van der Waals surface area contributed by atoms with E-state index < -0.39 is 5.82 Å². The average molecular weight is 395 g/mol. The zero-order valence-electron chi connectivity index (χ0n) is 14.2. The number of hydrazone groups is 1. The monoisotopic (exact) mass is 395 g/mol. The van der Waals surface area contributed by atoms with E-state index in [1.54, 1.807) is 24.6 Å². The summed E-state index contributed by atoms with van der Waals surface area (Å²) in [5.41, 5.74) is 3.32. The molecule has 0 saturated heterocycles. The summed E-state index contributed by atoms with van der Waals surface area (Å²) in [6, 6.07) is 6.04. The minimum Gasteiger partial charge on any atom is -0.383 e. The van der Waals surface area contributed by atoms with E-state index in [1.165, 1.54) is 41.5 Å². The second-order valence-electron chi connectivity index (χ2n) is 4.98. The molecule has 7 nitrogen and oxygen atoms in total. The summed E-state index contributed by atoms with van der Waals surface area (Å²) in [5.74, 6) is -0.836. The Morgan fingerprint density at radius 1 is 1.50 bits per heavy atom. The van der Waals surface area contributed by atoms with Crippen LogP contribution in [0.3, 0.4) is 0 Å². The van der Waals surface area contributed by atoms with Crippen LogP contribution in [0.4, 0.5) is 15.2 Å². The van der Waals surface area contributed by atoms with Crippen molar-refractivity contribution in [2.45, 2.75) is 6.92 Å². The van der Waals surface area contributed by atoms with Crippen molar-refractivity contribution in [3.63, 3.8) is 0 Å². The van der Waals surface area contributed by atoms with Crippen molar-refractivity contribution >= 4 is 51.6 Å². The SMILES string of the molecule is COCCNC(=S)N/N=C\c1csc(N(C(C)=O)c2ccccc2F)n1. The zero-order chi connectivity index (χ0) is 18.9. The van der Waals surface area contributed by atoms with E-state index in [9.17, 15) is 9.18 Å². The van der Waals surface area contributed by atoms with Crippen LogP contribution in [-0.2, 0) is 9.53 Å². The number of hydrogen-bond donors (Lipinski definition) is 2. The van der Waals surface area contributed by atoms with Gasteiger partial charge >= 0.3 is 0 Å². The molecular weight excluding hydrogens is 377 g/mol. The third-order valence-electron chi connectivity index (χ3n) is 3.06. The molecule has 10 heteroatoms. The molecule has 2 N–H and O–H groups in total. The molecule has 1 amide bonds. The fourth-order valence-corrected chi connectivity index (χ4v) is 2.93. The zero-order valence-corrected chi connectivity index (χ0v) is 15.9. The smallest absolute Gasteiger partial charge is 0.230 e. The van der Waals surface area contributed by atoms with E-state index in [0.717, 1.165) is 0 Å². The number of carbonyl (C=O) groups excluding carboxylic acids is 1. The lowest BCUT2D eigenvalue weighted by molar-refractivity contribution is -0.115. The van der Waals surface area contributed by atoms with E-state index in [1.807, 2.05) is 0 Å². The summed E-state index contributed by atoms with van der Waals surface area (Å²) >= 11 is 6.25. The molecule has 0 atom stereocenters. The topological polar surface area (TPSA) is 78.9 Å². The molecule has 2 rings (SSSR count). The van der Waals surface area contributed by atoms with Crippen LogP contribution in [0.5, 0.6) is 0 Å². The summed E-state index contributed by atoms with van der Waals surface area (Å²) in [6.45, 7) is 2.44. The van der Waals surface area contributed by atoms with Gasteiger partial charge in [-0.05, 0) is 24.4 Å². The molecule has 138 valence electrons. The van der Waals surface area contributed by atoms with E-state index in [2.05, 4.69) is 20.8 Å². The number of methoxy groups -OCH3 is 1. The number of thiocarbonyl (C=S) groups is 1. The van der Waals surface area contributed by atoms with Gasteiger partial charge in [-0.25, -0.2) is 9.37 Å². The van der Waals surface area contributed by atoms with Crippen molar-refractivity contribution in [1.82, 2.24) is 15.7 Å². The third-order valence-corrected chi connectivity index (χ3v) is 4.14. The summed E-state index contributed by atoms with van der Waals surface area (Å²) in [4.78, 5) is 17.5. The van der Waals surface area contributed by atoms with Crippen LogP contribution in [0, 0.1) is 5.82 Å². The first kappa shape index (κ1) is 19.9. The quantitative estimate of drug-likeness (QED) is 0.324. The normalized spacial score (nSPS) is 10.7. The highest BCUT2D eigenvalue weighted by Gasteiger charge is 2.20. The van der Waals surface area contributed by atoms with Gasteiger partial charge in [0.05, 0.1) is 24.2 Å². The second-order valence-corrected chi connectivity index (χ2v) is 6.22. The van der Waals surface area contributed by atoms with Crippen LogP contribution >= 0.6 is 23.6 Å². The molecule has 0 aliphatic carbocycles. The van der Waals surface area contributed by atoms with Crippen LogP contribution in [0.2, 0.25) is 0 Å². The predicted molar refractivity (Wildman–Crippen MR) is 105 cm³/mol. The van der Waals surface area contributed by atoms with Crippen LogP contribution in [0.15, 0.2) is 34.7 Å². The maximum atomic E-state index is 14.0. The number of nitrogens with one attached hydrogen (secondary N) is 2. The van der Waals surface area contributed by atoms with Gasteiger partial charge < -0.3 is 10.1 Å². The van der Waals surface area contributed by atoms with Crippen molar-refractivity contribution in [3.05, 3.63) is 41.2 Å². The molecule has 0 saturated carbocycles. The molecule has 0 bridgehead atoms. The van der Waals surface area contributed by atoms with Gasteiger partial charge in [-0.3, -0.25) is 15.1 Å². The largest absolute Gasteiger partial charge is 0.383 e. The van der Waals surface area contributed by atoms with Gasteiger partial charge in [-0.15, -0.1) is 11.3 Å². The van der Waals surface area contributed by atoms with Gasteiger partial charge in [0.2, 0.25) is 5.91 Å². The summed E-state index contributed by atoms with van der Waals surface area (Å²) in [5, 5.41) is 9.29. The van der Waals surface area contributed by atoms with Gasteiger partial charge in [0.25, 0.3) is 0 Å². The highest BCUT2D eigenvalue weighted by molar-refractivity contribution is 7.80. The first-order valence-corrected chi connectivity index (χ1v) is 8.88. The summed E-state index contributed by atoms with van der Waals surface area (Å²) in [6.07, 6.45) is 1.46. The van der Waals surface area contributed by atoms with E-state index >= 15 is 0 Å². The molecule has 0 spiro atoms. The van der Waals surface area contributed by atoms with Crippen molar-refractivity contribution in [2.75, 3.05) is 25.2 Å². The number of para-hydroxylation sites is 1. The Morgan fingerprint density at radius 2 is 2.27 bits per heavy atom. The summed E-state index contributed by atoms with van der Waals surface area (Å²) < 4.78 is 18.9. The molecule has 1 aromatic carbocycles. The van der Waals surface area contributed by atoms with E-state index in [0.29, 0.717) is 29.1 Å². The Bertz CT molecular complexity index is 796. The maximum Gasteiger partial charge on any atom is 0.230 e. The van der Waals surface area contributed by atoms with Crippen molar-refractivity contribution < 1.29 is 13.9 Å². The number of amides is 1. The molecule has 2 aromatic rings. The number of thiazole rings is 1. The van der Waals surface area contributed by atoms with Gasteiger partial charge in [0.15, 0.2) is 10.2 Å². The maximum absolute atomic E-state index is 14.0. The molecule has 0 aliphatic rings. The first-order valence-electron chi connectivity index (χ1n) is 7.59.